The Morgan fingerprint density at radius 3 is 3.00 bits per heavy atom. The Kier molecular flexibility index (Phi) is 3.79. The average Bonchev–Trinajstić information content (AvgIpc) is 2.91. The molecule has 112 valence electrons. The third-order valence-electron chi connectivity index (χ3n) is 3.55. The molecule has 1 aliphatic rings. The molecule has 0 saturated heterocycles. The van der Waals surface area contributed by atoms with Gasteiger partial charge in [0.05, 0.1) is 7.11 Å². The molecule has 1 aliphatic heterocycles. The van der Waals surface area contributed by atoms with Crippen molar-refractivity contribution in [1.82, 2.24) is 9.97 Å². The Balaban J connectivity index is 1.84. The largest absolute Gasteiger partial charge is 0.496 e. The van der Waals surface area contributed by atoms with Gasteiger partial charge in [-0.05, 0) is 19.1 Å². The standard InChI is InChI=1S/C16H16N4O2/c1-10-5-11-6-14(21-2)12(7-15(11)22-10)9-20-16-13(8-17)18-3-4-19-16/h3-4,6-7,10H,5,9H2,1-2H3,(H,19,20)/t10-/m0/s1. The molecule has 1 N–H and O–H groups in total. The first-order valence-electron chi connectivity index (χ1n) is 7.02. The summed E-state index contributed by atoms with van der Waals surface area (Å²) in [6.07, 6.45) is 4.12. The molecular formula is C16H16N4O2. The first kappa shape index (κ1) is 14.1. The van der Waals surface area contributed by atoms with Crippen LogP contribution < -0.4 is 14.8 Å². The quantitative estimate of drug-likeness (QED) is 0.932. The van der Waals surface area contributed by atoms with E-state index in [1.807, 2.05) is 25.1 Å². The van der Waals surface area contributed by atoms with Crippen molar-refractivity contribution >= 4 is 5.82 Å². The van der Waals surface area contributed by atoms with Gasteiger partial charge in [0.15, 0.2) is 11.5 Å². The van der Waals surface area contributed by atoms with Crippen molar-refractivity contribution in [3.63, 3.8) is 0 Å². The first-order valence-corrected chi connectivity index (χ1v) is 7.02. The Bertz CT molecular complexity index is 739. The highest BCUT2D eigenvalue weighted by atomic mass is 16.5. The number of ether oxygens (including phenoxy) is 2. The number of rotatable bonds is 4. The topological polar surface area (TPSA) is 80.1 Å². The van der Waals surface area contributed by atoms with E-state index in [4.69, 9.17) is 14.7 Å². The zero-order valence-corrected chi connectivity index (χ0v) is 12.5. The molecule has 0 radical (unpaired) electrons. The Hall–Kier alpha value is -2.81. The van der Waals surface area contributed by atoms with Crippen LogP contribution in [0.3, 0.4) is 0 Å². The van der Waals surface area contributed by atoms with Crippen LogP contribution in [0.15, 0.2) is 24.5 Å². The van der Waals surface area contributed by atoms with E-state index in [2.05, 4.69) is 15.3 Å². The third-order valence-corrected chi connectivity index (χ3v) is 3.55. The van der Waals surface area contributed by atoms with Crippen molar-refractivity contribution in [2.24, 2.45) is 0 Å². The van der Waals surface area contributed by atoms with Gasteiger partial charge in [-0.15, -0.1) is 0 Å². The monoisotopic (exact) mass is 296 g/mol. The second-order valence-electron chi connectivity index (χ2n) is 5.12. The number of benzene rings is 1. The molecule has 0 spiro atoms. The van der Waals surface area contributed by atoms with Crippen LogP contribution in [0.5, 0.6) is 11.5 Å². The summed E-state index contributed by atoms with van der Waals surface area (Å²) in [6.45, 7) is 2.52. The molecule has 3 rings (SSSR count). The second-order valence-corrected chi connectivity index (χ2v) is 5.12. The van der Waals surface area contributed by atoms with Gasteiger partial charge in [-0.1, -0.05) is 0 Å². The van der Waals surface area contributed by atoms with Gasteiger partial charge in [0, 0.05) is 36.5 Å². The summed E-state index contributed by atoms with van der Waals surface area (Å²) in [6, 6.07) is 6.01. The molecule has 0 aliphatic carbocycles. The number of methoxy groups -OCH3 is 1. The van der Waals surface area contributed by atoms with Gasteiger partial charge in [0.1, 0.15) is 23.7 Å². The van der Waals surface area contributed by atoms with Crippen LogP contribution in [0.2, 0.25) is 0 Å². The minimum absolute atomic E-state index is 0.188. The minimum Gasteiger partial charge on any atom is -0.496 e. The van der Waals surface area contributed by atoms with E-state index in [-0.39, 0.29) is 11.8 Å². The van der Waals surface area contributed by atoms with E-state index in [1.165, 1.54) is 6.20 Å². The van der Waals surface area contributed by atoms with Gasteiger partial charge in [0.2, 0.25) is 0 Å². The molecule has 0 unspecified atom stereocenters. The maximum atomic E-state index is 9.04. The number of nitrogens with zero attached hydrogens (tertiary/aromatic N) is 3. The van der Waals surface area contributed by atoms with E-state index >= 15 is 0 Å². The molecular weight excluding hydrogens is 280 g/mol. The summed E-state index contributed by atoms with van der Waals surface area (Å²) in [5, 5.41) is 12.2. The van der Waals surface area contributed by atoms with Gasteiger partial charge < -0.3 is 14.8 Å². The molecule has 2 aromatic rings. The Morgan fingerprint density at radius 2 is 2.23 bits per heavy atom. The molecule has 1 aromatic carbocycles. The number of hydrogen-bond acceptors (Lipinski definition) is 6. The van der Waals surface area contributed by atoms with Crippen molar-refractivity contribution in [2.75, 3.05) is 12.4 Å². The van der Waals surface area contributed by atoms with Crippen molar-refractivity contribution in [3.05, 3.63) is 41.3 Å². The summed E-state index contributed by atoms with van der Waals surface area (Å²) >= 11 is 0. The lowest BCUT2D eigenvalue weighted by Crippen LogP contribution is -2.06. The van der Waals surface area contributed by atoms with Crippen molar-refractivity contribution < 1.29 is 9.47 Å². The highest BCUT2D eigenvalue weighted by Gasteiger charge is 2.21. The van der Waals surface area contributed by atoms with Crippen LogP contribution in [0, 0.1) is 11.3 Å². The lowest BCUT2D eigenvalue weighted by atomic mass is 10.1. The maximum absolute atomic E-state index is 9.04. The molecule has 1 aromatic heterocycles. The number of aromatic nitrogens is 2. The van der Waals surface area contributed by atoms with Crippen LogP contribution in [0.25, 0.3) is 0 Å². The lowest BCUT2D eigenvalue weighted by molar-refractivity contribution is 0.254. The fraction of sp³-hybridized carbons (Fsp3) is 0.312. The molecule has 0 saturated carbocycles. The molecule has 0 bridgehead atoms. The van der Waals surface area contributed by atoms with Crippen LogP contribution in [0.1, 0.15) is 23.7 Å². The number of nitrogens with one attached hydrogen (secondary N) is 1. The van der Waals surface area contributed by atoms with Crippen molar-refractivity contribution in [1.29, 1.82) is 5.26 Å². The molecule has 0 fully saturated rings. The molecule has 6 heteroatoms. The van der Waals surface area contributed by atoms with E-state index < -0.39 is 0 Å². The van der Waals surface area contributed by atoms with Crippen LogP contribution in [0.4, 0.5) is 5.82 Å². The third kappa shape index (κ3) is 2.66. The fourth-order valence-electron chi connectivity index (χ4n) is 2.54. The summed E-state index contributed by atoms with van der Waals surface area (Å²) in [4.78, 5) is 8.11. The average molecular weight is 296 g/mol. The van der Waals surface area contributed by atoms with E-state index in [9.17, 15) is 0 Å². The summed E-state index contributed by atoms with van der Waals surface area (Å²) in [7, 11) is 1.65. The van der Waals surface area contributed by atoms with Gasteiger partial charge in [0.25, 0.3) is 0 Å². The van der Waals surface area contributed by atoms with E-state index in [0.29, 0.717) is 12.4 Å². The molecule has 2 heterocycles. The smallest absolute Gasteiger partial charge is 0.182 e. The fourth-order valence-corrected chi connectivity index (χ4v) is 2.54. The van der Waals surface area contributed by atoms with Crippen molar-refractivity contribution in [3.8, 4) is 17.6 Å². The van der Waals surface area contributed by atoms with Crippen molar-refractivity contribution in [2.45, 2.75) is 26.0 Å². The zero-order valence-electron chi connectivity index (χ0n) is 12.5. The summed E-state index contributed by atoms with van der Waals surface area (Å²) in [5.74, 6) is 2.15. The maximum Gasteiger partial charge on any atom is 0.182 e. The Morgan fingerprint density at radius 1 is 1.41 bits per heavy atom. The van der Waals surface area contributed by atoms with Gasteiger partial charge in [-0.3, -0.25) is 0 Å². The highest BCUT2D eigenvalue weighted by molar-refractivity contribution is 5.52. The number of hydrogen-bond donors (Lipinski definition) is 1. The van der Waals surface area contributed by atoms with Crippen LogP contribution in [-0.4, -0.2) is 23.2 Å². The summed E-state index contributed by atoms with van der Waals surface area (Å²) in [5.41, 5.74) is 2.38. The van der Waals surface area contributed by atoms with Crippen LogP contribution >= 0.6 is 0 Å². The highest BCUT2D eigenvalue weighted by Crippen LogP contribution is 2.35. The van der Waals surface area contributed by atoms with Crippen LogP contribution in [-0.2, 0) is 13.0 Å². The first-order chi connectivity index (χ1) is 10.7. The number of nitriles is 1. The van der Waals surface area contributed by atoms with Gasteiger partial charge in [-0.25, -0.2) is 9.97 Å². The SMILES string of the molecule is COc1cc2c(cc1CNc1nccnc1C#N)O[C@@H](C)C2. The second kappa shape index (κ2) is 5.90. The minimum atomic E-state index is 0.188. The zero-order chi connectivity index (χ0) is 15.5. The molecule has 22 heavy (non-hydrogen) atoms. The lowest BCUT2D eigenvalue weighted by Gasteiger charge is -2.12. The molecule has 0 amide bonds. The van der Waals surface area contributed by atoms with Gasteiger partial charge >= 0.3 is 0 Å². The molecule has 6 nitrogen and oxygen atoms in total. The predicted octanol–water partition coefficient (Wildman–Crippen LogP) is 2.29. The number of fused-ring (bicyclic) bond motifs is 1. The number of anilines is 1. The Labute approximate surface area is 128 Å². The van der Waals surface area contributed by atoms with E-state index in [0.717, 1.165) is 29.0 Å². The molecule has 1 atom stereocenters. The van der Waals surface area contributed by atoms with E-state index in [1.54, 1.807) is 13.3 Å². The van der Waals surface area contributed by atoms with Gasteiger partial charge in [-0.2, -0.15) is 5.26 Å². The normalized spacial score (nSPS) is 15.6. The predicted molar refractivity (Wildman–Crippen MR) is 80.9 cm³/mol. The summed E-state index contributed by atoms with van der Waals surface area (Å²) < 4.78 is 11.2.